The largest absolute Gasteiger partial charge is 0.325 e. The second-order valence-electron chi connectivity index (χ2n) is 7.45. The Morgan fingerprint density at radius 2 is 1.70 bits per heavy atom. The molecule has 7 nitrogen and oxygen atoms in total. The number of nitrogens with zero attached hydrogens (tertiary/aromatic N) is 2. The number of anilines is 3. The number of carbonyl (C=O) groups excluding carboxylic acids is 2. The van der Waals surface area contributed by atoms with Crippen molar-refractivity contribution < 1.29 is 9.59 Å². The van der Waals surface area contributed by atoms with Gasteiger partial charge >= 0.3 is 6.03 Å². The SMILES string of the molecule is Cc1ccc(NC(=O)Nc2ccccc2)cc1NC(=O)CSc1ncnc2sc(C)c(C)c12. The maximum Gasteiger partial charge on any atom is 0.323 e. The molecule has 33 heavy (non-hydrogen) atoms. The summed E-state index contributed by atoms with van der Waals surface area (Å²) in [6.45, 7) is 6.02. The van der Waals surface area contributed by atoms with Crippen LogP contribution in [-0.4, -0.2) is 27.7 Å². The van der Waals surface area contributed by atoms with Crippen LogP contribution in [0.5, 0.6) is 0 Å². The van der Waals surface area contributed by atoms with Crippen molar-refractivity contribution in [2.75, 3.05) is 21.7 Å². The molecule has 2 aromatic heterocycles. The maximum absolute atomic E-state index is 12.7. The van der Waals surface area contributed by atoms with Crippen molar-refractivity contribution in [3.8, 4) is 0 Å². The van der Waals surface area contributed by atoms with E-state index in [-0.39, 0.29) is 17.7 Å². The van der Waals surface area contributed by atoms with Crippen LogP contribution in [0.25, 0.3) is 10.2 Å². The molecule has 0 unspecified atom stereocenters. The minimum absolute atomic E-state index is 0.148. The Hall–Kier alpha value is -3.43. The summed E-state index contributed by atoms with van der Waals surface area (Å²) in [6, 6.07) is 14.2. The Bertz CT molecular complexity index is 1320. The van der Waals surface area contributed by atoms with E-state index in [0.717, 1.165) is 26.4 Å². The molecule has 9 heteroatoms. The molecule has 4 rings (SSSR count). The van der Waals surface area contributed by atoms with Gasteiger partial charge in [-0.15, -0.1) is 11.3 Å². The van der Waals surface area contributed by atoms with Crippen molar-refractivity contribution in [1.82, 2.24) is 9.97 Å². The van der Waals surface area contributed by atoms with Gasteiger partial charge in [-0.05, 0) is 56.2 Å². The molecule has 0 saturated heterocycles. The third-order valence-electron chi connectivity index (χ3n) is 5.07. The summed E-state index contributed by atoms with van der Waals surface area (Å²) in [5.74, 6) is 0.0665. The van der Waals surface area contributed by atoms with Gasteiger partial charge in [0.15, 0.2) is 0 Å². The molecule has 0 radical (unpaired) electrons. The predicted molar refractivity (Wildman–Crippen MR) is 137 cm³/mol. The van der Waals surface area contributed by atoms with Crippen LogP contribution in [0, 0.1) is 20.8 Å². The van der Waals surface area contributed by atoms with E-state index in [4.69, 9.17) is 0 Å². The lowest BCUT2D eigenvalue weighted by atomic mass is 10.2. The van der Waals surface area contributed by atoms with Crippen LogP contribution < -0.4 is 16.0 Å². The lowest BCUT2D eigenvalue weighted by molar-refractivity contribution is -0.113. The Labute approximate surface area is 200 Å². The van der Waals surface area contributed by atoms with E-state index in [1.54, 1.807) is 23.5 Å². The normalized spacial score (nSPS) is 10.8. The molecule has 0 aliphatic rings. The number of hydrogen-bond acceptors (Lipinski definition) is 6. The average molecular weight is 478 g/mol. The third-order valence-corrected chi connectivity index (χ3v) is 7.18. The number of hydrogen-bond donors (Lipinski definition) is 3. The van der Waals surface area contributed by atoms with Crippen molar-refractivity contribution in [1.29, 1.82) is 0 Å². The Morgan fingerprint density at radius 1 is 0.939 bits per heavy atom. The van der Waals surface area contributed by atoms with Gasteiger partial charge in [0.1, 0.15) is 16.2 Å². The van der Waals surface area contributed by atoms with Gasteiger partial charge in [0.05, 0.1) is 5.75 Å². The van der Waals surface area contributed by atoms with Crippen LogP contribution in [0.3, 0.4) is 0 Å². The van der Waals surface area contributed by atoms with Gasteiger partial charge in [0.2, 0.25) is 5.91 Å². The van der Waals surface area contributed by atoms with E-state index in [0.29, 0.717) is 17.1 Å². The fraction of sp³-hybridized carbons (Fsp3) is 0.167. The molecule has 0 fully saturated rings. The quantitative estimate of drug-likeness (QED) is 0.234. The van der Waals surface area contributed by atoms with Crippen LogP contribution in [0.1, 0.15) is 16.0 Å². The summed E-state index contributed by atoms with van der Waals surface area (Å²) in [7, 11) is 0. The number of aryl methyl sites for hydroxylation is 3. The predicted octanol–water partition coefficient (Wildman–Crippen LogP) is 5.99. The van der Waals surface area contributed by atoms with Gasteiger partial charge < -0.3 is 16.0 Å². The molecule has 3 amide bonds. The number of rotatable bonds is 6. The smallest absolute Gasteiger partial charge is 0.323 e. The van der Waals surface area contributed by atoms with Crippen LogP contribution in [0.4, 0.5) is 21.9 Å². The van der Waals surface area contributed by atoms with E-state index in [2.05, 4.69) is 39.8 Å². The lowest BCUT2D eigenvalue weighted by Crippen LogP contribution is -2.20. The number of amides is 3. The molecule has 0 saturated carbocycles. The molecule has 0 atom stereocenters. The monoisotopic (exact) mass is 477 g/mol. The number of para-hydroxylation sites is 1. The van der Waals surface area contributed by atoms with Crippen molar-refractivity contribution in [2.45, 2.75) is 25.8 Å². The molecular weight excluding hydrogens is 454 g/mol. The standard InChI is InChI=1S/C24H23N5O2S2/c1-14-9-10-18(28-24(31)27-17-7-5-4-6-8-17)11-19(14)29-20(30)12-32-22-21-15(2)16(3)33-23(21)26-13-25-22/h4-11,13H,12H2,1-3H3,(H,29,30)(H2,27,28,31). The van der Waals surface area contributed by atoms with Crippen molar-refractivity contribution in [2.24, 2.45) is 0 Å². The molecule has 3 N–H and O–H groups in total. The molecule has 2 heterocycles. The topological polar surface area (TPSA) is 96.0 Å². The first-order valence-corrected chi connectivity index (χ1v) is 12.1. The fourth-order valence-corrected chi connectivity index (χ4v) is 5.15. The second-order valence-corrected chi connectivity index (χ2v) is 9.62. The molecule has 4 aromatic rings. The summed E-state index contributed by atoms with van der Waals surface area (Å²) in [6.07, 6.45) is 1.54. The highest BCUT2D eigenvalue weighted by molar-refractivity contribution is 8.00. The van der Waals surface area contributed by atoms with Gasteiger partial charge in [-0.25, -0.2) is 14.8 Å². The molecular formula is C24H23N5O2S2. The average Bonchev–Trinajstić information content (AvgIpc) is 3.09. The number of thioether (sulfide) groups is 1. The number of benzene rings is 2. The molecule has 0 aliphatic heterocycles. The number of fused-ring (bicyclic) bond motifs is 1. The fourth-order valence-electron chi connectivity index (χ4n) is 3.23. The minimum Gasteiger partial charge on any atom is -0.325 e. The summed E-state index contributed by atoms with van der Waals surface area (Å²) in [4.78, 5) is 35.8. The first kappa shape index (κ1) is 22.8. The van der Waals surface area contributed by atoms with Crippen LogP contribution >= 0.6 is 23.1 Å². The summed E-state index contributed by atoms with van der Waals surface area (Å²) >= 11 is 3.02. The van der Waals surface area contributed by atoms with Gasteiger partial charge in [0, 0.05) is 27.3 Å². The van der Waals surface area contributed by atoms with Crippen molar-refractivity contribution >= 4 is 62.3 Å². The van der Waals surface area contributed by atoms with E-state index >= 15 is 0 Å². The molecule has 0 aliphatic carbocycles. The number of aromatic nitrogens is 2. The molecule has 2 aromatic carbocycles. The highest BCUT2D eigenvalue weighted by Crippen LogP contribution is 2.34. The van der Waals surface area contributed by atoms with Crippen LogP contribution in [-0.2, 0) is 4.79 Å². The summed E-state index contributed by atoms with van der Waals surface area (Å²) < 4.78 is 0. The Kier molecular flexibility index (Phi) is 6.90. The zero-order valence-electron chi connectivity index (χ0n) is 18.4. The highest BCUT2D eigenvalue weighted by atomic mass is 32.2. The van der Waals surface area contributed by atoms with Gasteiger partial charge in [-0.1, -0.05) is 36.0 Å². The van der Waals surface area contributed by atoms with E-state index in [9.17, 15) is 9.59 Å². The molecule has 0 bridgehead atoms. The third kappa shape index (κ3) is 5.50. The number of carbonyl (C=O) groups is 2. The lowest BCUT2D eigenvalue weighted by Gasteiger charge is -2.12. The van der Waals surface area contributed by atoms with Crippen molar-refractivity contribution in [3.05, 3.63) is 70.9 Å². The second kappa shape index (κ2) is 10.0. The first-order chi connectivity index (χ1) is 15.9. The zero-order chi connectivity index (χ0) is 23.4. The number of nitrogens with one attached hydrogen (secondary N) is 3. The Balaban J connectivity index is 1.39. The number of urea groups is 1. The zero-order valence-corrected chi connectivity index (χ0v) is 20.1. The van der Waals surface area contributed by atoms with E-state index in [1.807, 2.05) is 43.3 Å². The van der Waals surface area contributed by atoms with Crippen molar-refractivity contribution in [3.63, 3.8) is 0 Å². The number of thiophene rings is 1. The van der Waals surface area contributed by atoms with Gasteiger partial charge in [0.25, 0.3) is 0 Å². The first-order valence-electron chi connectivity index (χ1n) is 10.3. The van der Waals surface area contributed by atoms with Gasteiger partial charge in [-0.2, -0.15) is 0 Å². The van der Waals surface area contributed by atoms with E-state index in [1.165, 1.54) is 23.0 Å². The minimum atomic E-state index is -0.355. The van der Waals surface area contributed by atoms with E-state index < -0.39 is 0 Å². The highest BCUT2D eigenvalue weighted by Gasteiger charge is 2.14. The Morgan fingerprint density at radius 3 is 2.48 bits per heavy atom. The van der Waals surface area contributed by atoms with Crippen LogP contribution in [0.2, 0.25) is 0 Å². The summed E-state index contributed by atoms with van der Waals surface area (Å²) in [5, 5.41) is 10.3. The summed E-state index contributed by atoms with van der Waals surface area (Å²) in [5.41, 5.74) is 3.98. The van der Waals surface area contributed by atoms with Crippen LogP contribution in [0.15, 0.2) is 59.9 Å². The maximum atomic E-state index is 12.7. The molecule has 168 valence electrons. The molecule has 0 spiro atoms. The van der Waals surface area contributed by atoms with Gasteiger partial charge in [-0.3, -0.25) is 4.79 Å².